The van der Waals surface area contributed by atoms with Gasteiger partial charge in [-0.2, -0.15) is 0 Å². The van der Waals surface area contributed by atoms with Crippen molar-refractivity contribution in [3.63, 3.8) is 0 Å². The molecule has 3 rings (SSSR count). The molecule has 0 fully saturated rings. The first kappa shape index (κ1) is 14.4. The number of pyridine rings is 1. The number of fused-ring (bicyclic) bond motifs is 1. The van der Waals surface area contributed by atoms with Gasteiger partial charge in [-0.1, -0.05) is 19.1 Å². The maximum atomic E-state index is 4.69. The van der Waals surface area contributed by atoms with Gasteiger partial charge in [-0.15, -0.1) is 11.3 Å². The van der Waals surface area contributed by atoms with Crippen molar-refractivity contribution in [1.29, 1.82) is 0 Å². The van der Waals surface area contributed by atoms with Crippen molar-refractivity contribution < 1.29 is 28.5 Å². The van der Waals surface area contributed by atoms with Crippen LogP contribution in [0.3, 0.4) is 0 Å². The summed E-state index contributed by atoms with van der Waals surface area (Å²) in [5, 5.41) is 1.10. The van der Waals surface area contributed by atoms with E-state index in [0.717, 1.165) is 23.5 Å². The van der Waals surface area contributed by atoms with Crippen LogP contribution < -0.4 is 28.5 Å². The van der Waals surface area contributed by atoms with Crippen LogP contribution in [0.5, 0.6) is 0 Å². The molecule has 0 saturated heterocycles. The first-order valence-corrected chi connectivity index (χ1v) is 7.03. The minimum Gasteiger partial charge on any atom is -1.00 e. The van der Waals surface area contributed by atoms with Crippen LogP contribution in [0.4, 0.5) is 0 Å². The van der Waals surface area contributed by atoms with Gasteiger partial charge in [-0.3, -0.25) is 0 Å². The van der Waals surface area contributed by atoms with Gasteiger partial charge in [0.1, 0.15) is 11.6 Å². The van der Waals surface area contributed by atoms with Gasteiger partial charge in [0.05, 0.1) is 15.8 Å². The Labute approximate surface area is 134 Å². The summed E-state index contributed by atoms with van der Waals surface area (Å²) in [6.07, 6.45) is 5.44. The van der Waals surface area contributed by atoms with Crippen LogP contribution >= 0.6 is 11.3 Å². The summed E-state index contributed by atoms with van der Waals surface area (Å²) in [5.74, 6) is 0. The zero-order chi connectivity index (χ0) is 12.4. The van der Waals surface area contributed by atoms with Gasteiger partial charge in [-0.25, -0.2) is 9.55 Å². The quantitative estimate of drug-likeness (QED) is 0.481. The van der Waals surface area contributed by atoms with Crippen LogP contribution in [0.1, 0.15) is 13.3 Å². The number of rotatable bonds is 3. The van der Waals surface area contributed by atoms with Crippen molar-refractivity contribution in [3.05, 3.63) is 48.8 Å². The number of aryl methyl sites for hydroxylation is 1. The highest BCUT2D eigenvalue weighted by molar-refractivity contribution is 7.21. The summed E-state index contributed by atoms with van der Waals surface area (Å²) in [5.41, 5.74) is 2.29. The van der Waals surface area contributed by atoms with E-state index in [4.69, 9.17) is 0 Å². The number of hydrogen-bond acceptors (Lipinski definition) is 2. The van der Waals surface area contributed by atoms with E-state index in [-0.39, 0.29) is 24.0 Å². The average molecular weight is 382 g/mol. The van der Waals surface area contributed by atoms with Gasteiger partial charge in [0.25, 0.3) is 0 Å². The van der Waals surface area contributed by atoms with Crippen LogP contribution in [0.15, 0.2) is 48.8 Å². The highest BCUT2D eigenvalue weighted by atomic mass is 127. The third-order valence-corrected chi connectivity index (χ3v) is 3.97. The Balaban J connectivity index is 0.00000133. The van der Waals surface area contributed by atoms with Crippen molar-refractivity contribution in [3.8, 4) is 10.6 Å². The summed E-state index contributed by atoms with van der Waals surface area (Å²) >= 11 is 1.75. The second kappa shape index (κ2) is 6.43. The van der Waals surface area contributed by atoms with E-state index < -0.39 is 0 Å². The predicted molar refractivity (Wildman–Crippen MR) is 75.5 cm³/mol. The molecule has 4 heteroatoms. The Morgan fingerprint density at radius 2 is 2.00 bits per heavy atom. The number of hydrogen-bond donors (Lipinski definition) is 0. The van der Waals surface area contributed by atoms with E-state index in [1.807, 2.05) is 6.07 Å². The number of aromatic nitrogens is 2. The second-order valence-corrected chi connectivity index (χ2v) is 5.35. The molecule has 19 heavy (non-hydrogen) atoms. The Bertz CT molecular complexity index is 645. The fourth-order valence-corrected chi connectivity index (χ4v) is 3.00. The minimum atomic E-state index is 0. The molecule has 0 spiro atoms. The summed E-state index contributed by atoms with van der Waals surface area (Å²) < 4.78 is 3.47. The monoisotopic (exact) mass is 382 g/mol. The molecule has 3 aromatic rings. The number of benzene rings is 1. The molecule has 0 aliphatic carbocycles. The van der Waals surface area contributed by atoms with Gasteiger partial charge in [0, 0.05) is 12.5 Å². The largest absolute Gasteiger partial charge is 1.00 e. The number of thiazole rings is 1. The molecule has 2 heterocycles. The molecule has 0 unspecified atom stereocenters. The Morgan fingerprint density at radius 1 is 1.16 bits per heavy atom. The van der Waals surface area contributed by atoms with Gasteiger partial charge >= 0.3 is 0 Å². The molecule has 0 N–H and O–H groups in total. The third-order valence-electron chi connectivity index (χ3n) is 2.88. The number of nitrogens with zero attached hydrogens (tertiary/aromatic N) is 2. The lowest BCUT2D eigenvalue weighted by Crippen LogP contribution is -3.00. The van der Waals surface area contributed by atoms with Gasteiger partial charge in [0.2, 0.25) is 0 Å². The molecule has 0 bridgehead atoms. The Hall–Kier alpha value is -1.01. The van der Waals surface area contributed by atoms with Crippen LogP contribution in [0.25, 0.3) is 20.8 Å². The summed E-state index contributed by atoms with van der Waals surface area (Å²) in [6.45, 7) is 3.25. The lowest BCUT2D eigenvalue weighted by molar-refractivity contribution is -0.696. The first-order chi connectivity index (χ1) is 8.86. The fraction of sp³-hybridized carbons (Fsp3) is 0.200. The average Bonchev–Trinajstić information content (AvgIpc) is 2.83. The van der Waals surface area contributed by atoms with Crippen molar-refractivity contribution in [2.75, 3.05) is 0 Å². The molecule has 1 aromatic carbocycles. The third kappa shape index (κ3) is 3.12. The molecule has 0 aliphatic heterocycles. The van der Waals surface area contributed by atoms with Gasteiger partial charge < -0.3 is 24.0 Å². The normalized spacial score (nSPS) is 10.4. The summed E-state index contributed by atoms with van der Waals surface area (Å²) in [7, 11) is 0. The van der Waals surface area contributed by atoms with Crippen molar-refractivity contribution in [2.24, 2.45) is 0 Å². The number of para-hydroxylation sites is 1. The molecule has 98 valence electrons. The predicted octanol–water partition coefficient (Wildman–Crippen LogP) is 0.665. The van der Waals surface area contributed by atoms with Crippen LogP contribution in [0.2, 0.25) is 0 Å². The van der Waals surface area contributed by atoms with Crippen molar-refractivity contribution in [1.82, 2.24) is 4.98 Å². The molecular formula is C15H15IN2S. The topological polar surface area (TPSA) is 16.8 Å². The highest BCUT2D eigenvalue weighted by Crippen LogP contribution is 2.28. The molecule has 0 amide bonds. The number of halogens is 1. The van der Waals surface area contributed by atoms with E-state index >= 15 is 0 Å². The zero-order valence-corrected chi connectivity index (χ0v) is 13.7. The zero-order valence-electron chi connectivity index (χ0n) is 10.7. The van der Waals surface area contributed by atoms with E-state index in [1.165, 1.54) is 10.3 Å². The lowest BCUT2D eigenvalue weighted by atomic mass is 10.3. The molecule has 0 atom stereocenters. The van der Waals surface area contributed by atoms with Gasteiger partial charge in [0.15, 0.2) is 12.4 Å². The van der Waals surface area contributed by atoms with E-state index in [1.54, 1.807) is 11.3 Å². The molecule has 2 aromatic heterocycles. The molecular weight excluding hydrogens is 367 g/mol. The Kier molecular flexibility index (Phi) is 4.87. The molecule has 2 nitrogen and oxygen atoms in total. The van der Waals surface area contributed by atoms with E-state index in [0.29, 0.717) is 0 Å². The van der Waals surface area contributed by atoms with E-state index in [9.17, 15) is 0 Å². The highest BCUT2D eigenvalue weighted by Gasteiger charge is 2.09. The smallest absolute Gasteiger partial charge is 0.179 e. The van der Waals surface area contributed by atoms with Crippen molar-refractivity contribution in [2.45, 2.75) is 19.9 Å². The van der Waals surface area contributed by atoms with Crippen molar-refractivity contribution >= 4 is 21.6 Å². The summed E-state index contributed by atoms with van der Waals surface area (Å²) in [6, 6.07) is 12.5. The van der Waals surface area contributed by atoms with Crippen LogP contribution in [0, 0.1) is 0 Å². The van der Waals surface area contributed by atoms with E-state index in [2.05, 4.69) is 59.2 Å². The maximum absolute atomic E-state index is 4.69. The van der Waals surface area contributed by atoms with Crippen LogP contribution in [-0.4, -0.2) is 4.98 Å². The summed E-state index contributed by atoms with van der Waals surface area (Å²) in [4.78, 5) is 4.69. The molecule has 0 radical (unpaired) electrons. The Morgan fingerprint density at radius 3 is 2.79 bits per heavy atom. The fourth-order valence-electron chi connectivity index (χ4n) is 2.04. The molecule has 0 saturated carbocycles. The molecule has 0 aliphatic rings. The minimum absolute atomic E-state index is 0. The van der Waals surface area contributed by atoms with Crippen LogP contribution in [-0.2, 0) is 6.54 Å². The second-order valence-electron chi connectivity index (χ2n) is 4.32. The maximum Gasteiger partial charge on any atom is 0.179 e. The SMILES string of the molecule is CCC[n+]1cccc(-c2nc3ccccc3s2)c1.[I-]. The lowest BCUT2D eigenvalue weighted by Gasteiger charge is -1.96. The standard InChI is InChI=1S/C15H15N2S.HI/c1-2-9-17-10-5-6-12(11-17)15-16-13-7-3-4-8-14(13)18-15;/h3-8,10-11H,2,9H2,1H3;1H/q+1;/p-1. The van der Waals surface area contributed by atoms with Gasteiger partial charge in [-0.05, 0) is 18.2 Å². The first-order valence-electron chi connectivity index (χ1n) is 6.22.